The van der Waals surface area contributed by atoms with Gasteiger partial charge in [0.1, 0.15) is 0 Å². The molecule has 0 aliphatic rings. The Morgan fingerprint density at radius 3 is 2.04 bits per heavy atom. The van der Waals surface area contributed by atoms with Crippen molar-refractivity contribution in [2.45, 2.75) is 38.1 Å². The minimum absolute atomic E-state index is 0. The van der Waals surface area contributed by atoms with E-state index in [1.807, 2.05) is 0 Å². The molecule has 0 rings (SSSR count). The Morgan fingerprint density at radius 1 is 1.04 bits per heavy atom. The van der Waals surface area contributed by atoms with Gasteiger partial charge in [-0.05, 0) is 25.8 Å². The molecule has 0 atom stereocenters. The monoisotopic (exact) mass is 361 g/mol. The van der Waals surface area contributed by atoms with Crippen LogP contribution in [0.5, 0.6) is 0 Å². The van der Waals surface area contributed by atoms with E-state index in [1.54, 1.807) is 21.3 Å². The molecule has 0 bridgehead atoms. The number of unbranched alkanes of at least 4 members (excludes halogenated alkanes) is 3. The molecule has 23 heavy (non-hydrogen) atoms. The van der Waals surface area contributed by atoms with Crippen LogP contribution >= 0.6 is 0 Å². The van der Waals surface area contributed by atoms with E-state index in [-0.39, 0.29) is 34.5 Å². The molecule has 0 aromatic carbocycles. The van der Waals surface area contributed by atoms with Gasteiger partial charge in [-0.15, -0.1) is 5.01 Å². The molecule has 0 unspecified atom stereocenters. The molecular weight excluding hydrogens is 331 g/mol. The number of hydrogen-bond acceptors (Lipinski definition) is 6. The Morgan fingerprint density at radius 2 is 1.57 bits per heavy atom. The van der Waals surface area contributed by atoms with E-state index in [9.17, 15) is 5.21 Å². The van der Waals surface area contributed by atoms with Crippen LogP contribution in [0.3, 0.4) is 0 Å². The zero-order valence-corrected chi connectivity index (χ0v) is 17.9. The third-order valence-electron chi connectivity index (χ3n) is 3.52. The van der Waals surface area contributed by atoms with E-state index >= 15 is 0 Å². The first-order valence-electron chi connectivity index (χ1n) is 7.51. The summed E-state index contributed by atoms with van der Waals surface area (Å²) in [6.07, 6.45) is 4.48. The van der Waals surface area contributed by atoms with E-state index in [0.29, 0.717) is 32.1 Å². The second kappa shape index (κ2) is 15.6. The van der Waals surface area contributed by atoms with Gasteiger partial charge >= 0.3 is 38.4 Å². The van der Waals surface area contributed by atoms with Gasteiger partial charge in [0.15, 0.2) is 0 Å². The molecule has 0 aliphatic carbocycles. The van der Waals surface area contributed by atoms with E-state index < -0.39 is 8.80 Å². The summed E-state index contributed by atoms with van der Waals surface area (Å²) >= 11 is 0. The van der Waals surface area contributed by atoms with Crippen molar-refractivity contribution in [3.8, 4) is 0 Å². The van der Waals surface area contributed by atoms with Crippen LogP contribution in [0.2, 0.25) is 6.04 Å². The maximum Gasteiger partial charge on any atom is 1.00 e. The third kappa shape index (κ3) is 10.5. The van der Waals surface area contributed by atoms with Crippen LogP contribution in [0.1, 0.15) is 32.1 Å². The molecular formula is C12H30N4NaO5Si+. The fourth-order valence-corrected chi connectivity index (χ4v) is 3.87. The topological polar surface area (TPSA) is 116 Å². The van der Waals surface area contributed by atoms with Gasteiger partial charge in [0, 0.05) is 27.4 Å². The maximum atomic E-state index is 11.5. The first-order valence-corrected chi connectivity index (χ1v) is 9.45. The second-order valence-corrected chi connectivity index (χ2v) is 7.99. The quantitative estimate of drug-likeness (QED) is 0.125. The summed E-state index contributed by atoms with van der Waals surface area (Å²) in [5.41, 5.74) is 5.44. The molecule has 0 heterocycles. The van der Waals surface area contributed by atoms with Crippen molar-refractivity contribution in [3.63, 3.8) is 0 Å². The Balaban J connectivity index is 0. The molecule has 11 heteroatoms. The van der Waals surface area contributed by atoms with Crippen molar-refractivity contribution in [3.05, 3.63) is 5.21 Å². The summed E-state index contributed by atoms with van der Waals surface area (Å²) in [6.45, 7) is 1.65. The third-order valence-corrected chi connectivity index (χ3v) is 6.35. The second-order valence-electron chi connectivity index (χ2n) is 4.90. The van der Waals surface area contributed by atoms with Crippen LogP contribution in [0, 0.1) is 5.21 Å². The molecule has 0 aromatic rings. The number of hydrazine groups is 1. The fraction of sp³-hybridized carbons (Fsp3) is 1.00. The van der Waals surface area contributed by atoms with Crippen LogP contribution < -0.4 is 35.3 Å². The van der Waals surface area contributed by atoms with Crippen LogP contribution in [-0.4, -0.2) is 65.0 Å². The number of hydrogen-bond donors (Lipinski definition) is 2. The van der Waals surface area contributed by atoms with Crippen molar-refractivity contribution in [2.75, 3.05) is 41.0 Å². The molecule has 0 fully saturated rings. The molecule has 0 saturated carbocycles. The van der Waals surface area contributed by atoms with Gasteiger partial charge in [0.05, 0.1) is 18.1 Å². The average Bonchev–Trinajstić information content (AvgIpc) is 2.56. The minimum atomic E-state index is -2.63. The van der Waals surface area contributed by atoms with Crippen molar-refractivity contribution >= 4 is 8.80 Å². The summed E-state index contributed by atoms with van der Waals surface area (Å²) in [4.78, 5) is 0.221. The predicted octanol–water partition coefficient (Wildman–Crippen LogP) is -1.65. The summed E-state index contributed by atoms with van der Waals surface area (Å²) in [5, 5.41) is 24.3. The summed E-state index contributed by atoms with van der Waals surface area (Å²) in [6, 6.07) is 0.583. The number of nitrogens with zero attached hydrogens (tertiary/aromatic N) is 3. The molecule has 0 aromatic heterocycles. The molecule has 3 N–H and O–H groups in total. The SMILES string of the molecule is CO[Si](CCCN(CCCCCCN)[N+]([O-])=NO)(OC)OC.[Na+]. The summed E-state index contributed by atoms with van der Waals surface area (Å²) in [5.74, 6) is 0. The van der Waals surface area contributed by atoms with E-state index in [0.717, 1.165) is 25.7 Å². The van der Waals surface area contributed by atoms with Crippen molar-refractivity contribution in [1.82, 2.24) is 5.01 Å². The molecule has 0 amide bonds. The standard InChI is InChI=1S/C12H30N4O5Si.Na/c1-19-22(20-2,21-3)12-8-11-15(16(18)14-17)10-7-5-4-6-9-13;/h17H,4-13H2,1-3H3;/q;+1. The number of rotatable bonds is 14. The predicted molar refractivity (Wildman–Crippen MR) is 83.1 cm³/mol. The van der Waals surface area contributed by atoms with E-state index in [1.165, 1.54) is 5.01 Å². The average molecular weight is 361 g/mol. The van der Waals surface area contributed by atoms with Gasteiger partial charge in [-0.3, -0.25) is 0 Å². The molecule has 0 spiro atoms. The molecule has 0 saturated heterocycles. The largest absolute Gasteiger partial charge is 1.00 e. The maximum absolute atomic E-state index is 11.5. The Hall–Kier alpha value is 0.0569. The van der Waals surface area contributed by atoms with E-state index in [2.05, 4.69) is 5.28 Å². The van der Waals surface area contributed by atoms with Gasteiger partial charge in [-0.2, -0.15) is 0 Å². The molecule has 9 nitrogen and oxygen atoms in total. The first-order chi connectivity index (χ1) is 10.6. The van der Waals surface area contributed by atoms with Gasteiger partial charge in [0.2, 0.25) is 5.28 Å². The van der Waals surface area contributed by atoms with E-state index in [4.69, 9.17) is 24.2 Å². The summed E-state index contributed by atoms with van der Waals surface area (Å²) < 4.78 is 16.0. The summed E-state index contributed by atoms with van der Waals surface area (Å²) in [7, 11) is 2.03. The minimum Gasteiger partial charge on any atom is -0.569 e. The van der Waals surface area contributed by atoms with Crippen LogP contribution in [-0.2, 0) is 13.3 Å². The normalized spacial score (nSPS) is 12.1. The van der Waals surface area contributed by atoms with Crippen LogP contribution in [0.4, 0.5) is 0 Å². The first kappa shape index (κ1) is 25.3. The van der Waals surface area contributed by atoms with Crippen LogP contribution in [0.25, 0.3) is 0 Å². The molecule has 132 valence electrons. The zero-order chi connectivity index (χ0) is 16.8. The van der Waals surface area contributed by atoms with Gasteiger partial charge in [0.25, 0.3) is 0 Å². The van der Waals surface area contributed by atoms with Gasteiger partial charge < -0.3 is 29.4 Å². The van der Waals surface area contributed by atoms with Crippen molar-refractivity contribution in [1.29, 1.82) is 0 Å². The van der Waals surface area contributed by atoms with Crippen molar-refractivity contribution in [2.24, 2.45) is 11.0 Å². The Labute approximate surface area is 161 Å². The Bertz CT molecular complexity index is 303. The molecule has 0 aliphatic heterocycles. The Kier molecular flexibility index (Phi) is 17.1. The number of nitrogens with two attached hydrogens (primary N) is 1. The zero-order valence-electron chi connectivity index (χ0n) is 14.9. The molecule has 0 radical (unpaired) electrons. The smallest absolute Gasteiger partial charge is 0.569 e. The van der Waals surface area contributed by atoms with Crippen molar-refractivity contribution < 1.29 is 53.0 Å². The fourth-order valence-electron chi connectivity index (χ4n) is 2.17. The van der Waals surface area contributed by atoms with Gasteiger partial charge in [-0.1, -0.05) is 12.8 Å². The van der Waals surface area contributed by atoms with Gasteiger partial charge in [-0.25, -0.2) is 0 Å². The van der Waals surface area contributed by atoms with Crippen LogP contribution in [0.15, 0.2) is 5.28 Å².